The zero-order chi connectivity index (χ0) is 16.9. The van der Waals surface area contributed by atoms with Crippen LogP contribution in [0.5, 0.6) is 0 Å². The number of carbonyl (C=O) groups excluding carboxylic acids is 1. The molecule has 0 spiro atoms. The van der Waals surface area contributed by atoms with Gasteiger partial charge in [-0.05, 0) is 24.3 Å². The molecule has 0 bridgehead atoms. The molecule has 9 heteroatoms. The van der Waals surface area contributed by atoms with Gasteiger partial charge in [0.1, 0.15) is 0 Å². The fourth-order valence-corrected chi connectivity index (χ4v) is 2.58. The van der Waals surface area contributed by atoms with Crippen molar-refractivity contribution < 1.29 is 23.1 Å². The lowest BCUT2D eigenvalue weighted by molar-refractivity contribution is -0.137. The van der Waals surface area contributed by atoms with Gasteiger partial charge in [0.2, 0.25) is 5.91 Å². The maximum Gasteiger partial charge on any atom is 0.416 e. The van der Waals surface area contributed by atoms with Crippen molar-refractivity contribution in [3.8, 4) is 5.69 Å². The summed E-state index contributed by atoms with van der Waals surface area (Å²) in [5, 5.41) is 11.6. The van der Waals surface area contributed by atoms with Crippen molar-refractivity contribution in [1.29, 1.82) is 0 Å². The summed E-state index contributed by atoms with van der Waals surface area (Å²) in [6.07, 6.45) is -1.27. The predicted molar refractivity (Wildman–Crippen MR) is 79.4 cm³/mol. The molecule has 23 heavy (non-hydrogen) atoms. The van der Waals surface area contributed by atoms with E-state index in [0.29, 0.717) is 10.8 Å². The van der Waals surface area contributed by atoms with Gasteiger partial charge in [-0.15, -0.1) is 0 Å². The van der Waals surface area contributed by atoms with Gasteiger partial charge in [0.15, 0.2) is 5.16 Å². The Morgan fingerprint density at radius 2 is 2.00 bits per heavy atom. The SMILES string of the molecule is O=C(CSc1nccn1-c1ccc(C(F)(F)F)cc1)NCCO. The number of aliphatic hydroxyl groups excluding tert-OH is 1. The van der Waals surface area contributed by atoms with E-state index in [0.717, 1.165) is 23.9 Å². The molecule has 124 valence electrons. The van der Waals surface area contributed by atoms with E-state index in [9.17, 15) is 18.0 Å². The number of imidazole rings is 1. The number of carbonyl (C=O) groups is 1. The normalized spacial score (nSPS) is 11.5. The number of nitrogens with one attached hydrogen (secondary N) is 1. The summed E-state index contributed by atoms with van der Waals surface area (Å²) in [6, 6.07) is 4.69. The van der Waals surface area contributed by atoms with Crippen LogP contribution < -0.4 is 5.32 Å². The Morgan fingerprint density at radius 1 is 1.30 bits per heavy atom. The minimum atomic E-state index is -4.38. The number of hydrogen-bond donors (Lipinski definition) is 2. The standard InChI is InChI=1S/C14H14F3N3O2S/c15-14(16,17)10-1-3-11(4-2-10)20-7-5-19-13(20)23-9-12(22)18-6-8-21/h1-5,7,21H,6,8-9H2,(H,18,22). The zero-order valence-electron chi connectivity index (χ0n) is 11.9. The molecule has 1 aromatic heterocycles. The van der Waals surface area contributed by atoms with Crippen LogP contribution in [0.4, 0.5) is 13.2 Å². The van der Waals surface area contributed by atoms with Crippen LogP contribution in [-0.2, 0) is 11.0 Å². The molecule has 0 radical (unpaired) electrons. The Labute approximate surface area is 134 Å². The zero-order valence-corrected chi connectivity index (χ0v) is 12.7. The van der Waals surface area contributed by atoms with E-state index in [1.807, 2.05) is 0 Å². The van der Waals surface area contributed by atoms with Crippen LogP contribution in [0.2, 0.25) is 0 Å². The highest BCUT2D eigenvalue weighted by molar-refractivity contribution is 7.99. The molecule has 1 heterocycles. The van der Waals surface area contributed by atoms with Crippen LogP contribution >= 0.6 is 11.8 Å². The lowest BCUT2D eigenvalue weighted by atomic mass is 10.2. The second-order valence-corrected chi connectivity index (χ2v) is 5.43. The number of nitrogens with zero attached hydrogens (tertiary/aromatic N) is 2. The number of amides is 1. The molecule has 5 nitrogen and oxygen atoms in total. The number of thioether (sulfide) groups is 1. The van der Waals surface area contributed by atoms with E-state index in [-0.39, 0.29) is 24.8 Å². The Bertz CT molecular complexity index is 656. The third-order valence-corrected chi connectivity index (χ3v) is 3.81. The molecule has 0 aliphatic carbocycles. The summed E-state index contributed by atoms with van der Waals surface area (Å²) in [4.78, 5) is 15.6. The Balaban J connectivity index is 2.07. The summed E-state index contributed by atoms with van der Waals surface area (Å²) in [6.45, 7) is 0.0311. The molecule has 1 aromatic carbocycles. The average Bonchev–Trinajstić information content (AvgIpc) is 2.98. The quantitative estimate of drug-likeness (QED) is 0.787. The Morgan fingerprint density at radius 3 is 2.61 bits per heavy atom. The highest BCUT2D eigenvalue weighted by atomic mass is 32.2. The van der Waals surface area contributed by atoms with Crippen LogP contribution in [0.15, 0.2) is 41.8 Å². The second-order valence-electron chi connectivity index (χ2n) is 4.49. The highest BCUT2D eigenvalue weighted by Crippen LogP contribution is 2.30. The summed E-state index contributed by atoms with van der Waals surface area (Å²) in [5.74, 6) is -0.163. The van der Waals surface area contributed by atoms with Crippen LogP contribution in [0.3, 0.4) is 0 Å². The molecular weight excluding hydrogens is 331 g/mol. The van der Waals surface area contributed by atoms with Crippen molar-refractivity contribution in [1.82, 2.24) is 14.9 Å². The number of hydrogen-bond acceptors (Lipinski definition) is 4. The van der Waals surface area contributed by atoms with Gasteiger partial charge >= 0.3 is 6.18 Å². The minimum Gasteiger partial charge on any atom is -0.395 e. The maximum absolute atomic E-state index is 12.6. The van der Waals surface area contributed by atoms with Gasteiger partial charge in [-0.2, -0.15) is 13.2 Å². The van der Waals surface area contributed by atoms with Crippen LogP contribution in [0, 0.1) is 0 Å². The van der Waals surface area contributed by atoms with E-state index in [1.165, 1.54) is 18.3 Å². The van der Waals surface area contributed by atoms with Crippen molar-refractivity contribution >= 4 is 17.7 Å². The molecular formula is C14H14F3N3O2S. The lowest BCUT2D eigenvalue weighted by Crippen LogP contribution is -2.28. The van der Waals surface area contributed by atoms with Gasteiger partial charge in [0.25, 0.3) is 0 Å². The molecule has 0 aliphatic rings. The first-order valence-electron chi connectivity index (χ1n) is 6.63. The average molecular weight is 345 g/mol. The highest BCUT2D eigenvalue weighted by Gasteiger charge is 2.30. The largest absolute Gasteiger partial charge is 0.416 e. The van der Waals surface area contributed by atoms with Gasteiger partial charge in [-0.25, -0.2) is 4.98 Å². The number of halogens is 3. The third-order valence-electron chi connectivity index (χ3n) is 2.85. The molecule has 0 unspecified atom stereocenters. The van der Waals surface area contributed by atoms with E-state index in [1.54, 1.807) is 10.8 Å². The van der Waals surface area contributed by atoms with E-state index in [2.05, 4.69) is 10.3 Å². The van der Waals surface area contributed by atoms with E-state index in [4.69, 9.17) is 5.11 Å². The smallest absolute Gasteiger partial charge is 0.395 e. The summed E-state index contributed by atoms with van der Waals surface area (Å²) >= 11 is 1.15. The van der Waals surface area contributed by atoms with Gasteiger partial charge < -0.3 is 10.4 Å². The fraction of sp³-hybridized carbons (Fsp3) is 0.286. The maximum atomic E-state index is 12.6. The second kappa shape index (κ2) is 7.51. The topological polar surface area (TPSA) is 67.2 Å². The van der Waals surface area contributed by atoms with Crippen molar-refractivity contribution in [2.45, 2.75) is 11.3 Å². The monoisotopic (exact) mass is 345 g/mol. The number of aromatic nitrogens is 2. The number of rotatable bonds is 6. The predicted octanol–water partition coefficient (Wildman–Crippen LogP) is 2.09. The van der Waals surface area contributed by atoms with Gasteiger partial charge in [-0.3, -0.25) is 9.36 Å². The minimum absolute atomic E-state index is 0.0949. The molecule has 0 aliphatic heterocycles. The number of alkyl halides is 3. The molecule has 0 saturated carbocycles. The molecule has 0 saturated heterocycles. The van der Waals surface area contributed by atoms with Crippen molar-refractivity contribution in [3.05, 3.63) is 42.2 Å². The first-order chi connectivity index (χ1) is 10.9. The van der Waals surface area contributed by atoms with Crippen molar-refractivity contribution in [2.24, 2.45) is 0 Å². The van der Waals surface area contributed by atoms with Crippen molar-refractivity contribution in [2.75, 3.05) is 18.9 Å². The van der Waals surface area contributed by atoms with E-state index >= 15 is 0 Å². The molecule has 0 fully saturated rings. The lowest BCUT2D eigenvalue weighted by Gasteiger charge is -2.10. The van der Waals surface area contributed by atoms with Crippen LogP contribution in [-0.4, -0.2) is 39.5 Å². The van der Waals surface area contributed by atoms with Crippen molar-refractivity contribution in [3.63, 3.8) is 0 Å². The molecule has 2 aromatic rings. The summed E-state index contributed by atoms with van der Waals surface area (Å²) < 4.78 is 39.3. The number of benzene rings is 1. The molecule has 0 atom stereocenters. The van der Waals surface area contributed by atoms with Gasteiger partial charge in [0.05, 0.1) is 17.9 Å². The van der Waals surface area contributed by atoms with E-state index < -0.39 is 11.7 Å². The number of aliphatic hydroxyl groups is 1. The third kappa shape index (κ3) is 4.73. The first-order valence-corrected chi connectivity index (χ1v) is 7.61. The first kappa shape index (κ1) is 17.4. The Kier molecular flexibility index (Phi) is 5.67. The summed E-state index contributed by atoms with van der Waals surface area (Å²) in [7, 11) is 0. The fourth-order valence-electron chi connectivity index (χ4n) is 1.78. The van der Waals surface area contributed by atoms with Crippen LogP contribution in [0.1, 0.15) is 5.56 Å². The van der Waals surface area contributed by atoms with Gasteiger partial charge in [0, 0.05) is 24.6 Å². The van der Waals surface area contributed by atoms with Gasteiger partial charge in [-0.1, -0.05) is 11.8 Å². The van der Waals surface area contributed by atoms with Crippen LogP contribution in [0.25, 0.3) is 5.69 Å². The Hall–Kier alpha value is -2.00. The molecule has 2 N–H and O–H groups in total. The molecule has 1 amide bonds. The summed E-state index contributed by atoms with van der Waals surface area (Å²) in [5.41, 5.74) is -0.201. The molecule has 2 rings (SSSR count).